The molecule has 102 valence electrons. The average molecular weight is 272 g/mol. The fraction of sp³-hybridized carbons (Fsp3) is 0.667. The van der Waals surface area contributed by atoms with Crippen molar-refractivity contribution in [1.29, 1.82) is 0 Å². The maximum absolute atomic E-state index is 12.0. The maximum atomic E-state index is 12.0. The van der Waals surface area contributed by atoms with Crippen molar-refractivity contribution in [3.8, 4) is 0 Å². The van der Waals surface area contributed by atoms with Crippen LogP contribution in [0.15, 0.2) is 21.6 Å². The molecule has 2 N–H and O–H groups in total. The van der Waals surface area contributed by atoms with E-state index >= 15 is 0 Å². The van der Waals surface area contributed by atoms with Gasteiger partial charge >= 0.3 is 0 Å². The van der Waals surface area contributed by atoms with Gasteiger partial charge in [-0.3, -0.25) is 0 Å². The van der Waals surface area contributed by atoms with Crippen molar-refractivity contribution in [2.75, 3.05) is 6.54 Å². The van der Waals surface area contributed by atoms with Crippen molar-refractivity contribution in [1.82, 2.24) is 10.0 Å². The Morgan fingerprint density at radius 1 is 1.44 bits per heavy atom. The highest BCUT2D eigenvalue weighted by molar-refractivity contribution is 7.89. The second-order valence-electron chi connectivity index (χ2n) is 4.75. The molecule has 0 aliphatic heterocycles. The van der Waals surface area contributed by atoms with Crippen molar-refractivity contribution < 1.29 is 12.8 Å². The Labute approximate surface area is 108 Å². The van der Waals surface area contributed by atoms with Gasteiger partial charge in [-0.1, -0.05) is 6.92 Å². The van der Waals surface area contributed by atoms with Crippen LogP contribution in [0.1, 0.15) is 32.4 Å². The highest BCUT2D eigenvalue weighted by Crippen LogP contribution is 2.33. The van der Waals surface area contributed by atoms with Gasteiger partial charge in [0.05, 0.1) is 6.54 Å². The van der Waals surface area contributed by atoms with Crippen LogP contribution in [0.4, 0.5) is 0 Å². The molecule has 0 bridgehead atoms. The third kappa shape index (κ3) is 3.34. The molecule has 1 aromatic rings. The Hall–Kier alpha value is -0.850. The highest BCUT2D eigenvalue weighted by Gasteiger charge is 2.32. The minimum atomic E-state index is -3.51. The van der Waals surface area contributed by atoms with E-state index in [0.29, 0.717) is 18.2 Å². The van der Waals surface area contributed by atoms with Crippen molar-refractivity contribution in [3.05, 3.63) is 17.9 Å². The Morgan fingerprint density at radius 2 is 2.17 bits per heavy atom. The van der Waals surface area contributed by atoms with Gasteiger partial charge in [-0.05, 0) is 44.4 Å². The third-order valence-corrected chi connectivity index (χ3v) is 4.55. The second-order valence-corrected chi connectivity index (χ2v) is 6.39. The fourth-order valence-corrected chi connectivity index (χ4v) is 3.10. The van der Waals surface area contributed by atoms with Crippen LogP contribution in [0.25, 0.3) is 0 Å². The quantitative estimate of drug-likeness (QED) is 0.788. The molecular formula is C12H20N2O3S. The van der Waals surface area contributed by atoms with Crippen LogP contribution in [-0.2, 0) is 16.6 Å². The van der Waals surface area contributed by atoms with Crippen LogP contribution in [0.5, 0.6) is 0 Å². The summed E-state index contributed by atoms with van der Waals surface area (Å²) in [5.41, 5.74) is 0. The van der Waals surface area contributed by atoms with E-state index < -0.39 is 10.0 Å². The number of sulfonamides is 1. The summed E-state index contributed by atoms with van der Waals surface area (Å²) in [6.07, 6.45) is 2.21. The Kier molecular flexibility index (Phi) is 4.09. The number of furan rings is 1. The van der Waals surface area contributed by atoms with E-state index in [9.17, 15) is 8.42 Å². The van der Waals surface area contributed by atoms with Crippen molar-refractivity contribution >= 4 is 10.0 Å². The van der Waals surface area contributed by atoms with Crippen LogP contribution in [0.2, 0.25) is 0 Å². The fourth-order valence-electron chi connectivity index (χ4n) is 1.84. The van der Waals surface area contributed by atoms with Gasteiger partial charge in [0.15, 0.2) is 0 Å². The van der Waals surface area contributed by atoms with Gasteiger partial charge in [0.2, 0.25) is 5.09 Å². The molecule has 2 rings (SSSR count). The topological polar surface area (TPSA) is 71.3 Å². The standard InChI is InChI=1S/C12H20N2O3S/c1-3-13-8-11-6-7-12(17-11)18(15,16)14-9(2)10-4-5-10/h6-7,9-10,13-14H,3-5,8H2,1-2H3. The van der Waals surface area contributed by atoms with E-state index in [0.717, 1.165) is 19.4 Å². The lowest BCUT2D eigenvalue weighted by Crippen LogP contribution is -2.33. The Morgan fingerprint density at radius 3 is 2.78 bits per heavy atom. The average Bonchev–Trinajstić information content (AvgIpc) is 3.05. The zero-order valence-corrected chi connectivity index (χ0v) is 11.6. The van der Waals surface area contributed by atoms with E-state index in [1.165, 1.54) is 6.07 Å². The first-order chi connectivity index (χ1) is 8.53. The lowest BCUT2D eigenvalue weighted by atomic mass is 10.2. The summed E-state index contributed by atoms with van der Waals surface area (Å²) in [4.78, 5) is 0. The minimum absolute atomic E-state index is 0.00269. The highest BCUT2D eigenvalue weighted by atomic mass is 32.2. The van der Waals surface area contributed by atoms with Crippen LogP contribution in [-0.4, -0.2) is 21.0 Å². The predicted molar refractivity (Wildman–Crippen MR) is 68.6 cm³/mol. The maximum Gasteiger partial charge on any atom is 0.274 e. The number of hydrogen-bond acceptors (Lipinski definition) is 4. The molecule has 0 spiro atoms. The molecule has 0 aromatic carbocycles. The molecule has 0 radical (unpaired) electrons. The first-order valence-corrected chi connectivity index (χ1v) is 7.83. The lowest BCUT2D eigenvalue weighted by molar-refractivity contribution is 0.398. The van der Waals surface area contributed by atoms with E-state index in [4.69, 9.17) is 4.42 Å². The molecular weight excluding hydrogens is 252 g/mol. The van der Waals surface area contributed by atoms with E-state index in [2.05, 4.69) is 10.0 Å². The smallest absolute Gasteiger partial charge is 0.274 e. The molecule has 0 amide bonds. The van der Waals surface area contributed by atoms with Gasteiger partial charge in [0, 0.05) is 6.04 Å². The molecule has 1 heterocycles. The molecule has 1 aliphatic rings. The van der Waals surface area contributed by atoms with Crippen molar-refractivity contribution in [2.45, 2.75) is 44.4 Å². The molecule has 1 atom stereocenters. The summed E-state index contributed by atoms with van der Waals surface area (Å²) in [6, 6.07) is 3.19. The van der Waals surface area contributed by atoms with Crippen LogP contribution in [0.3, 0.4) is 0 Å². The van der Waals surface area contributed by atoms with Gasteiger partial charge in [-0.2, -0.15) is 0 Å². The SMILES string of the molecule is CCNCc1ccc(S(=O)(=O)NC(C)C2CC2)o1. The Bertz CT molecular complexity index is 491. The minimum Gasteiger partial charge on any atom is -0.447 e. The number of rotatable bonds is 7. The van der Waals surface area contributed by atoms with Crippen molar-refractivity contribution in [3.63, 3.8) is 0 Å². The molecule has 1 aliphatic carbocycles. The van der Waals surface area contributed by atoms with Crippen LogP contribution >= 0.6 is 0 Å². The molecule has 5 nitrogen and oxygen atoms in total. The largest absolute Gasteiger partial charge is 0.447 e. The molecule has 1 saturated carbocycles. The number of hydrogen-bond donors (Lipinski definition) is 2. The summed E-state index contributed by atoms with van der Waals surface area (Å²) in [5, 5.41) is 3.09. The van der Waals surface area contributed by atoms with E-state index in [1.807, 2.05) is 13.8 Å². The van der Waals surface area contributed by atoms with Gasteiger partial charge in [-0.25, -0.2) is 13.1 Å². The summed E-state index contributed by atoms with van der Waals surface area (Å²) >= 11 is 0. The van der Waals surface area contributed by atoms with Gasteiger partial charge in [0.1, 0.15) is 5.76 Å². The predicted octanol–water partition coefficient (Wildman–Crippen LogP) is 1.47. The summed E-state index contributed by atoms with van der Waals surface area (Å²) in [6.45, 7) is 5.25. The van der Waals surface area contributed by atoms with E-state index in [-0.39, 0.29) is 11.1 Å². The zero-order chi connectivity index (χ0) is 13.2. The molecule has 0 saturated heterocycles. The monoisotopic (exact) mass is 272 g/mol. The van der Waals surface area contributed by atoms with Crippen LogP contribution in [0, 0.1) is 5.92 Å². The summed E-state index contributed by atoms with van der Waals surface area (Å²) in [7, 11) is -3.51. The zero-order valence-electron chi connectivity index (χ0n) is 10.8. The normalized spacial score (nSPS) is 17.9. The molecule has 6 heteroatoms. The second kappa shape index (κ2) is 5.42. The Balaban J connectivity index is 2.01. The van der Waals surface area contributed by atoms with Gasteiger partial charge in [0.25, 0.3) is 10.0 Å². The van der Waals surface area contributed by atoms with Gasteiger partial charge < -0.3 is 9.73 Å². The van der Waals surface area contributed by atoms with Crippen LogP contribution < -0.4 is 10.0 Å². The van der Waals surface area contributed by atoms with E-state index in [1.54, 1.807) is 6.07 Å². The van der Waals surface area contributed by atoms with Crippen molar-refractivity contribution in [2.24, 2.45) is 5.92 Å². The first kappa shape index (κ1) is 13.6. The summed E-state index contributed by atoms with van der Waals surface area (Å²) in [5.74, 6) is 1.12. The number of nitrogens with one attached hydrogen (secondary N) is 2. The third-order valence-electron chi connectivity index (χ3n) is 3.12. The molecule has 1 aromatic heterocycles. The lowest BCUT2D eigenvalue weighted by Gasteiger charge is -2.11. The molecule has 18 heavy (non-hydrogen) atoms. The molecule has 1 fully saturated rings. The van der Waals surface area contributed by atoms with Gasteiger partial charge in [-0.15, -0.1) is 0 Å². The molecule has 1 unspecified atom stereocenters. The summed E-state index contributed by atoms with van der Waals surface area (Å²) < 4.78 is 32.1. The first-order valence-electron chi connectivity index (χ1n) is 6.34.